The van der Waals surface area contributed by atoms with Crippen molar-refractivity contribution in [2.75, 3.05) is 26.3 Å². The fourth-order valence-corrected chi connectivity index (χ4v) is 4.32. The Labute approximate surface area is 172 Å². The third-order valence-electron chi connectivity index (χ3n) is 4.82. The van der Waals surface area contributed by atoms with Gasteiger partial charge in [-0.3, -0.25) is 4.79 Å². The number of benzene rings is 2. The number of rotatable bonds is 5. The molecule has 8 heteroatoms. The Kier molecular flexibility index (Phi) is 5.92. The number of aromatic nitrogens is 3. The van der Waals surface area contributed by atoms with Crippen molar-refractivity contribution in [2.24, 2.45) is 7.05 Å². The molecule has 150 valence electrons. The lowest BCUT2D eigenvalue weighted by Gasteiger charge is -2.30. The summed E-state index contributed by atoms with van der Waals surface area (Å²) in [6, 6.07) is 16.1. The van der Waals surface area contributed by atoms with Gasteiger partial charge in [0.15, 0.2) is 11.0 Å². The molecule has 1 aliphatic heterocycles. The molecule has 0 aliphatic carbocycles. The average Bonchev–Trinajstić information content (AvgIpc) is 3.13. The van der Waals surface area contributed by atoms with E-state index in [1.807, 2.05) is 35.2 Å². The van der Waals surface area contributed by atoms with Gasteiger partial charge in [0.25, 0.3) is 0 Å². The largest absolute Gasteiger partial charge is 0.378 e. The van der Waals surface area contributed by atoms with Crippen molar-refractivity contribution in [1.82, 2.24) is 19.7 Å². The summed E-state index contributed by atoms with van der Waals surface area (Å²) in [4.78, 5) is 15.1. The average molecular weight is 412 g/mol. The smallest absolute Gasteiger partial charge is 0.240 e. The SMILES string of the molecule is Cn1c(SC(C(=O)N2CCOCC2)c2ccccc2)nnc1-c1ccccc1F. The number of hydrogen-bond acceptors (Lipinski definition) is 5. The number of amides is 1. The number of carbonyl (C=O) groups is 1. The second-order valence-electron chi connectivity index (χ2n) is 6.69. The zero-order valence-electron chi connectivity index (χ0n) is 16.0. The third kappa shape index (κ3) is 4.18. The highest BCUT2D eigenvalue weighted by molar-refractivity contribution is 8.00. The fourth-order valence-electron chi connectivity index (χ4n) is 3.24. The predicted octanol–water partition coefficient (Wildman–Crippen LogP) is 3.31. The number of ether oxygens (including phenoxy) is 1. The highest BCUT2D eigenvalue weighted by Crippen LogP contribution is 2.37. The van der Waals surface area contributed by atoms with Gasteiger partial charge in [-0.15, -0.1) is 10.2 Å². The van der Waals surface area contributed by atoms with E-state index in [0.29, 0.717) is 42.8 Å². The quantitative estimate of drug-likeness (QED) is 0.602. The minimum atomic E-state index is -0.467. The predicted molar refractivity (Wildman–Crippen MR) is 109 cm³/mol. The summed E-state index contributed by atoms with van der Waals surface area (Å²) in [5, 5.41) is 8.50. The molecule has 1 aromatic heterocycles. The van der Waals surface area contributed by atoms with Crippen LogP contribution in [-0.4, -0.2) is 51.9 Å². The molecule has 1 aliphatic rings. The number of halogens is 1. The van der Waals surface area contributed by atoms with E-state index in [4.69, 9.17) is 4.74 Å². The van der Waals surface area contributed by atoms with Crippen molar-refractivity contribution in [3.63, 3.8) is 0 Å². The lowest BCUT2D eigenvalue weighted by atomic mass is 10.1. The summed E-state index contributed by atoms with van der Waals surface area (Å²) in [7, 11) is 1.78. The Morgan fingerprint density at radius 2 is 1.76 bits per heavy atom. The van der Waals surface area contributed by atoms with Crippen molar-refractivity contribution < 1.29 is 13.9 Å². The second-order valence-corrected chi connectivity index (χ2v) is 7.76. The monoisotopic (exact) mass is 412 g/mol. The first-order valence-corrected chi connectivity index (χ1v) is 10.3. The Balaban J connectivity index is 1.65. The highest BCUT2D eigenvalue weighted by Gasteiger charge is 2.30. The van der Waals surface area contributed by atoms with Crippen molar-refractivity contribution in [2.45, 2.75) is 10.4 Å². The molecular weight excluding hydrogens is 391 g/mol. The molecule has 4 rings (SSSR count). The van der Waals surface area contributed by atoms with Gasteiger partial charge < -0.3 is 14.2 Å². The summed E-state index contributed by atoms with van der Waals surface area (Å²) in [5.41, 5.74) is 1.27. The number of thioether (sulfide) groups is 1. The zero-order chi connectivity index (χ0) is 20.2. The van der Waals surface area contributed by atoms with Crippen LogP contribution in [-0.2, 0) is 16.6 Å². The molecule has 29 heavy (non-hydrogen) atoms. The van der Waals surface area contributed by atoms with Crippen LogP contribution < -0.4 is 0 Å². The van der Waals surface area contributed by atoms with Crippen molar-refractivity contribution in [1.29, 1.82) is 0 Å². The molecule has 0 N–H and O–H groups in total. The Hall–Kier alpha value is -2.71. The van der Waals surface area contributed by atoms with Crippen LogP contribution in [0, 0.1) is 5.82 Å². The maximum atomic E-state index is 14.2. The van der Waals surface area contributed by atoms with Crippen molar-refractivity contribution in [3.05, 3.63) is 66.0 Å². The van der Waals surface area contributed by atoms with Crippen molar-refractivity contribution in [3.8, 4) is 11.4 Å². The molecule has 0 bridgehead atoms. The van der Waals surface area contributed by atoms with Crippen LogP contribution in [0.1, 0.15) is 10.8 Å². The number of carbonyl (C=O) groups excluding carboxylic acids is 1. The molecular formula is C21H21FN4O2S. The Morgan fingerprint density at radius 1 is 1.07 bits per heavy atom. The minimum Gasteiger partial charge on any atom is -0.378 e. The van der Waals surface area contributed by atoms with E-state index in [9.17, 15) is 9.18 Å². The molecule has 1 amide bonds. The van der Waals surface area contributed by atoms with Gasteiger partial charge in [0.05, 0.1) is 18.8 Å². The summed E-state index contributed by atoms with van der Waals surface area (Å²) in [5.74, 6) is 0.0831. The van der Waals surface area contributed by atoms with Crippen LogP contribution in [0.15, 0.2) is 59.8 Å². The lowest BCUT2D eigenvalue weighted by Crippen LogP contribution is -2.42. The van der Waals surface area contributed by atoms with E-state index < -0.39 is 5.25 Å². The zero-order valence-corrected chi connectivity index (χ0v) is 16.8. The maximum Gasteiger partial charge on any atom is 0.240 e. The van der Waals surface area contributed by atoms with Gasteiger partial charge in [-0.25, -0.2) is 4.39 Å². The van der Waals surface area contributed by atoms with Gasteiger partial charge in [0.1, 0.15) is 11.1 Å². The molecule has 1 unspecified atom stereocenters. The minimum absolute atomic E-state index is 0.0138. The molecule has 0 spiro atoms. The van der Waals surface area contributed by atoms with Gasteiger partial charge in [0.2, 0.25) is 5.91 Å². The van der Waals surface area contributed by atoms with Crippen LogP contribution in [0.4, 0.5) is 4.39 Å². The van der Waals surface area contributed by atoms with E-state index in [1.165, 1.54) is 17.8 Å². The third-order valence-corrected chi connectivity index (χ3v) is 6.10. The van der Waals surface area contributed by atoms with E-state index in [-0.39, 0.29) is 11.7 Å². The van der Waals surface area contributed by atoms with Gasteiger partial charge in [-0.2, -0.15) is 0 Å². The molecule has 0 radical (unpaired) electrons. The normalized spacial score (nSPS) is 15.3. The van der Waals surface area contributed by atoms with Crippen LogP contribution in [0.3, 0.4) is 0 Å². The molecule has 2 heterocycles. The summed E-state index contributed by atoms with van der Waals surface area (Å²) >= 11 is 1.33. The van der Waals surface area contributed by atoms with E-state index >= 15 is 0 Å². The number of hydrogen-bond donors (Lipinski definition) is 0. The molecule has 1 fully saturated rings. The first-order chi connectivity index (χ1) is 14.1. The first kappa shape index (κ1) is 19.6. The standard InChI is InChI=1S/C21H21FN4O2S/c1-25-19(16-9-5-6-10-17(16)22)23-24-21(25)29-18(15-7-3-2-4-8-15)20(27)26-11-13-28-14-12-26/h2-10,18H,11-14H2,1H3. The highest BCUT2D eigenvalue weighted by atomic mass is 32.2. The topological polar surface area (TPSA) is 60.2 Å². The molecule has 6 nitrogen and oxygen atoms in total. The second kappa shape index (κ2) is 8.75. The Morgan fingerprint density at radius 3 is 2.48 bits per heavy atom. The molecule has 3 aromatic rings. The summed E-state index contributed by atoms with van der Waals surface area (Å²) < 4.78 is 21.3. The fraction of sp³-hybridized carbons (Fsp3) is 0.286. The summed E-state index contributed by atoms with van der Waals surface area (Å²) in [6.07, 6.45) is 0. The van der Waals surface area contributed by atoms with Crippen LogP contribution in [0.2, 0.25) is 0 Å². The molecule has 1 saturated heterocycles. The van der Waals surface area contributed by atoms with Gasteiger partial charge in [-0.05, 0) is 17.7 Å². The first-order valence-electron chi connectivity index (χ1n) is 9.37. The molecule has 1 atom stereocenters. The Bertz CT molecular complexity index is 989. The maximum absolute atomic E-state index is 14.2. The van der Waals surface area contributed by atoms with Gasteiger partial charge in [0, 0.05) is 20.1 Å². The van der Waals surface area contributed by atoms with Crippen LogP contribution >= 0.6 is 11.8 Å². The van der Waals surface area contributed by atoms with E-state index in [2.05, 4.69) is 10.2 Å². The molecule has 0 saturated carbocycles. The van der Waals surface area contributed by atoms with Gasteiger partial charge in [-0.1, -0.05) is 54.2 Å². The number of nitrogens with zero attached hydrogens (tertiary/aromatic N) is 4. The summed E-state index contributed by atoms with van der Waals surface area (Å²) in [6.45, 7) is 2.22. The number of morpholine rings is 1. The van der Waals surface area contributed by atoms with Crippen LogP contribution in [0.25, 0.3) is 11.4 Å². The van der Waals surface area contributed by atoms with E-state index in [0.717, 1.165) is 5.56 Å². The molecule has 2 aromatic carbocycles. The van der Waals surface area contributed by atoms with Gasteiger partial charge >= 0.3 is 0 Å². The van der Waals surface area contributed by atoms with E-state index in [1.54, 1.807) is 29.8 Å². The lowest BCUT2D eigenvalue weighted by molar-refractivity contribution is -0.134. The van der Waals surface area contributed by atoms with Crippen LogP contribution in [0.5, 0.6) is 0 Å². The van der Waals surface area contributed by atoms with Crippen molar-refractivity contribution >= 4 is 17.7 Å².